The van der Waals surface area contributed by atoms with Crippen LogP contribution in [0.15, 0.2) is 11.8 Å². The molecule has 13 heteroatoms. The lowest BCUT2D eigenvalue weighted by molar-refractivity contribution is -0.174. The summed E-state index contributed by atoms with van der Waals surface area (Å²) in [6, 6.07) is 0. The predicted molar refractivity (Wildman–Crippen MR) is 75.1 cm³/mol. The molecule has 156 valence electrons. The normalized spacial score (nSPS) is 11.7. The van der Waals surface area contributed by atoms with Gasteiger partial charge in [-0.2, -0.15) is 26.3 Å². The quantitative estimate of drug-likeness (QED) is 0.159. The Hall–Kier alpha value is -2.60. The molecule has 0 radical (unpaired) electrons. The summed E-state index contributed by atoms with van der Waals surface area (Å²) in [7, 11) is 1.02. The molecule has 0 saturated heterocycles. The number of ether oxygens (including phenoxy) is 3. The third-order valence-electron chi connectivity index (χ3n) is 2.16. The highest BCUT2D eigenvalue weighted by Gasteiger charge is 2.44. The van der Waals surface area contributed by atoms with Gasteiger partial charge in [0.1, 0.15) is 18.3 Å². The maximum Gasteiger partial charge on any atom is 0.455 e. The van der Waals surface area contributed by atoms with Gasteiger partial charge in [0, 0.05) is 0 Å². The molecule has 0 aromatic rings. The van der Waals surface area contributed by atoms with Crippen LogP contribution in [0.5, 0.6) is 0 Å². The average molecular weight is 410 g/mol. The first-order chi connectivity index (χ1) is 12.2. The summed E-state index contributed by atoms with van der Waals surface area (Å²) in [6.07, 6.45) is -10.9. The minimum absolute atomic E-state index is 0.0377. The second kappa shape index (κ2) is 11.9. The van der Waals surface area contributed by atoms with Crippen LogP contribution in [0.1, 0.15) is 20.3 Å². The van der Waals surface area contributed by atoms with Gasteiger partial charge in [0.25, 0.3) is 5.78 Å². The SMILES string of the molecule is CCOC(=O)C(=COC)C(=O)C(F)(F)F.CCOC(=O)CC(=O)C(F)(F)F. The summed E-state index contributed by atoms with van der Waals surface area (Å²) < 4.78 is 83.0. The van der Waals surface area contributed by atoms with Crippen molar-refractivity contribution in [2.75, 3.05) is 20.3 Å². The Morgan fingerprint density at radius 1 is 0.852 bits per heavy atom. The van der Waals surface area contributed by atoms with Crippen LogP contribution in [-0.4, -0.2) is 56.2 Å². The number of esters is 2. The molecule has 0 heterocycles. The number of Topliss-reactive ketones (excluding diaryl/α,β-unsaturated/α-hetero) is 2. The number of methoxy groups -OCH3 is 1. The van der Waals surface area contributed by atoms with Crippen LogP contribution < -0.4 is 0 Å². The molecule has 0 amide bonds. The topological polar surface area (TPSA) is 96.0 Å². The molecule has 0 aromatic heterocycles. The molecule has 0 atom stereocenters. The van der Waals surface area contributed by atoms with Gasteiger partial charge in [-0.05, 0) is 13.8 Å². The first kappa shape index (κ1) is 26.6. The van der Waals surface area contributed by atoms with Gasteiger partial charge in [-0.3, -0.25) is 14.4 Å². The van der Waals surface area contributed by atoms with Gasteiger partial charge in [-0.25, -0.2) is 4.79 Å². The van der Waals surface area contributed by atoms with E-state index in [1.54, 1.807) is 0 Å². The van der Waals surface area contributed by atoms with Crippen LogP contribution >= 0.6 is 0 Å². The van der Waals surface area contributed by atoms with Crippen molar-refractivity contribution in [1.29, 1.82) is 0 Å². The maximum absolute atomic E-state index is 12.0. The number of hydrogen-bond acceptors (Lipinski definition) is 7. The summed E-state index contributed by atoms with van der Waals surface area (Å²) >= 11 is 0. The molecule has 0 aliphatic heterocycles. The molecule has 0 rings (SSSR count). The van der Waals surface area contributed by atoms with Crippen LogP contribution in [-0.2, 0) is 33.4 Å². The molecule has 0 saturated carbocycles. The number of hydrogen-bond donors (Lipinski definition) is 0. The second-order valence-corrected chi connectivity index (χ2v) is 4.22. The monoisotopic (exact) mass is 410 g/mol. The van der Waals surface area contributed by atoms with Crippen molar-refractivity contribution < 1.29 is 59.7 Å². The Morgan fingerprint density at radius 2 is 1.33 bits per heavy atom. The number of rotatable bonds is 7. The third kappa shape index (κ3) is 11.6. The molecule has 0 aliphatic rings. The lowest BCUT2D eigenvalue weighted by atomic mass is 10.2. The molecule has 0 N–H and O–H groups in total. The van der Waals surface area contributed by atoms with E-state index in [9.17, 15) is 45.5 Å². The number of carbonyl (C=O) groups is 4. The molecule has 0 fully saturated rings. The fourth-order valence-corrected chi connectivity index (χ4v) is 1.12. The summed E-state index contributed by atoms with van der Waals surface area (Å²) in [5.74, 6) is -6.88. The first-order valence-electron chi connectivity index (χ1n) is 6.99. The molecule has 27 heavy (non-hydrogen) atoms. The van der Waals surface area contributed by atoms with Gasteiger partial charge >= 0.3 is 24.3 Å². The average Bonchev–Trinajstić information content (AvgIpc) is 2.51. The van der Waals surface area contributed by atoms with Crippen LogP contribution in [0.2, 0.25) is 0 Å². The van der Waals surface area contributed by atoms with E-state index in [4.69, 9.17) is 0 Å². The largest absolute Gasteiger partial charge is 0.503 e. The van der Waals surface area contributed by atoms with E-state index in [1.807, 2.05) is 0 Å². The molecule has 0 aliphatic carbocycles. The highest BCUT2D eigenvalue weighted by molar-refractivity contribution is 6.19. The van der Waals surface area contributed by atoms with E-state index in [2.05, 4.69) is 14.2 Å². The molecule has 7 nitrogen and oxygen atoms in total. The molecule has 0 bridgehead atoms. The molecule has 0 unspecified atom stereocenters. The van der Waals surface area contributed by atoms with Crippen LogP contribution in [0, 0.1) is 0 Å². The Balaban J connectivity index is 0. The van der Waals surface area contributed by atoms with Crippen molar-refractivity contribution >= 4 is 23.5 Å². The van der Waals surface area contributed by atoms with E-state index in [0.29, 0.717) is 6.26 Å². The zero-order valence-electron chi connectivity index (χ0n) is 14.3. The summed E-state index contributed by atoms with van der Waals surface area (Å²) in [4.78, 5) is 42.1. The highest BCUT2D eigenvalue weighted by atomic mass is 19.4. The number of ketones is 2. The number of carbonyl (C=O) groups excluding carboxylic acids is 4. The van der Waals surface area contributed by atoms with E-state index in [0.717, 1.165) is 7.11 Å². The van der Waals surface area contributed by atoms with Crippen molar-refractivity contribution in [3.63, 3.8) is 0 Å². The van der Waals surface area contributed by atoms with Crippen molar-refractivity contribution in [3.05, 3.63) is 11.8 Å². The molecule has 0 aromatic carbocycles. The van der Waals surface area contributed by atoms with Gasteiger partial charge < -0.3 is 14.2 Å². The van der Waals surface area contributed by atoms with E-state index in [-0.39, 0.29) is 13.2 Å². The molecular weight excluding hydrogens is 394 g/mol. The van der Waals surface area contributed by atoms with Crippen molar-refractivity contribution in [3.8, 4) is 0 Å². The summed E-state index contributed by atoms with van der Waals surface area (Å²) in [6.45, 7) is 2.67. The number of halogens is 6. The zero-order chi connectivity index (χ0) is 21.8. The van der Waals surface area contributed by atoms with Crippen LogP contribution in [0.25, 0.3) is 0 Å². The van der Waals surface area contributed by atoms with Crippen LogP contribution in [0.3, 0.4) is 0 Å². The molecular formula is C14H16F6O7. The fourth-order valence-electron chi connectivity index (χ4n) is 1.12. The summed E-state index contributed by atoms with van der Waals surface area (Å²) in [5.41, 5.74) is -1.17. The highest BCUT2D eigenvalue weighted by Crippen LogP contribution is 2.21. The van der Waals surface area contributed by atoms with Crippen molar-refractivity contribution in [2.45, 2.75) is 32.6 Å². The zero-order valence-corrected chi connectivity index (χ0v) is 14.3. The second-order valence-electron chi connectivity index (χ2n) is 4.22. The third-order valence-corrected chi connectivity index (χ3v) is 2.16. The lowest BCUT2D eigenvalue weighted by Gasteiger charge is -2.07. The van der Waals surface area contributed by atoms with E-state index >= 15 is 0 Å². The van der Waals surface area contributed by atoms with Gasteiger partial charge in [-0.15, -0.1) is 0 Å². The first-order valence-corrected chi connectivity index (χ1v) is 6.99. The summed E-state index contributed by atoms with van der Waals surface area (Å²) in [5, 5.41) is 0. The smallest absolute Gasteiger partial charge is 0.455 e. The van der Waals surface area contributed by atoms with Crippen molar-refractivity contribution in [1.82, 2.24) is 0 Å². The Kier molecular flexibility index (Phi) is 11.7. The Labute approximate surface area is 149 Å². The molecule has 0 spiro atoms. The standard InChI is InChI=1S/C8H9F3O4.C6H7F3O3/c1-3-15-7(13)5(4-14-2)6(12)8(9,10)11;1-2-12-5(11)3-4(10)6(7,8)9/h4H,3H2,1-2H3;2-3H2,1H3. The Morgan fingerprint density at radius 3 is 1.67 bits per heavy atom. The number of alkyl halides is 6. The van der Waals surface area contributed by atoms with Gasteiger partial charge in [0.2, 0.25) is 5.78 Å². The minimum atomic E-state index is -5.13. The maximum atomic E-state index is 12.0. The lowest BCUT2D eigenvalue weighted by Crippen LogP contribution is -2.29. The van der Waals surface area contributed by atoms with E-state index in [1.165, 1.54) is 13.8 Å². The van der Waals surface area contributed by atoms with Crippen molar-refractivity contribution in [2.24, 2.45) is 0 Å². The Bertz CT molecular complexity index is 563. The fraction of sp³-hybridized carbons (Fsp3) is 0.571. The van der Waals surface area contributed by atoms with Gasteiger partial charge in [-0.1, -0.05) is 0 Å². The van der Waals surface area contributed by atoms with E-state index < -0.39 is 47.9 Å². The predicted octanol–water partition coefficient (Wildman–Crippen LogP) is 2.28. The van der Waals surface area contributed by atoms with Crippen LogP contribution in [0.4, 0.5) is 26.3 Å². The van der Waals surface area contributed by atoms with Gasteiger partial charge in [0.15, 0.2) is 0 Å². The minimum Gasteiger partial charge on any atom is -0.503 e. The van der Waals surface area contributed by atoms with Gasteiger partial charge in [0.05, 0.1) is 20.3 Å².